The summed E-state index contributed by atoms with van der Waals surface area (Å²) < 4.78 is 5.30. The van der Waals surface area contributed by atoms with Gasteiger partial charge in [-0.25, -0.2) is 0 Å². The van der Waals surface area contributed by atoms with Gasteiger partial charge in [0.1, 0.15) is 0 Å². The van der Waals surface area contributed by atoms with Gasteiger partial charge in [-0.1, -0.05) is 97.6 Å². The number of amides is 1. The molecule has 1 aliphatic carbocycles. The summed E-state index contributed by atoms with van der Waals surface area (Å²) >= 11 is 6.16. The van der Waals surface area contributed by atoms with E-state index in [1.807, 2.05) is 54.6 Å². The molecular formula is C30H30ClNO4. The van der Waals surface area contributed by atoms with Crippen molar-refractivity contribution < 1.29 is 19.1 Å². The molecule has 36 heavy (non-hydrogen) atoms. The van der Waals surface area contributed by atoms with E-state index < -0.39 is 17.9 Å². The Bertz CT molecular complexity index is 1190. The van der Waals surface area contributed by atoms with Crippen LogP contribution in [0.25, 0.3) is 0 Å². The normalized spacial score (nSPS) is 14.6. The average Bonchev–Trinajstić information content (AvgIpc) is 2.92. The fraction of sp³-hybridized carbons (Fsp3) is 0.300. The molecule has 0 unspecified atom stereocenters. The first kappa shape index (κ1) is 25.6. The molecule has 0 saturated heterocycles. The van der Waals surface area contributed by atoms with Crippen LogP contribution in [-0.2, 0) is 9.53 Å². The minimum absolute atomic E-state index is 0.117. The van der Waals surface area contributed by atoms with Gasteiger partial charge in [0.2, 0.25) is 0 Å². The quantitative estimate of drug-likeness (QED) is 0.261. The molecule has 186 valence electrons. The monoisotopic (exact) mass is 503 g/mol. The number of halogens is 1. The molecule has 0 aliphatic heterocycles. The standard InChI is InChI=1S/C30H30ClNO4/c31-26-14-8-7-13-25(26)30(35)32-27(23-11-5-2-6-12-23)19-29(34)36-20-28(33)24-17-15-22(16-18-24)21-9-3-1-4-10-21/h2,5-8,11-18,21,27H,1,3-4,9-10,19-20H2,(H,32,35)/t27-/m0/s1. The van der Waals surface area contributed by atoms with Gasteiger partial charge in [-0.3, -0.25) is 14.4 Å². The first-order valence-electron chi connectivity index (χ1n) is 12.4. The summed E-state index contributed by atoms with van der Waals surface area (Å²) in [5.74, 6) is -0.654. The number of benzene rings is 3. The Hall–Kier alpha value is -3.44. The van der Waals surface area contributed by atoms with Crippen molar-refractivity contribution in [2.75, 3.05) is 6.61 Å². The van der Waals surface area contributed by atoms with Gasteiger partial charge in [-0.2, -0.15) is 0 Å². The van der Waals surface area contributed by atoms with Crippen LogP contribution in [0.3, 0.4) is 0 Å². The summed E-state index contributed by atoms with van der Waals surface area (Å²) in [5, 5.41) is 3.19. The molecule has 6 heteroatoms. The van der Waals surface area contributed by atoms with Crippen LogP contribution in [0.5, 0.6) is 0 Å². The Morgan fingerprint density at radius 1 is 0.861 bits per heavy atom. The molecule has 1 amide bonds. The maximum Gasteiger partial charge on any atom is 0.308 e. The summed E-state index contributed by atoms with van der Waals surface area (Å²) in [6, 6.07) is 22.9. The Labute approximate surface area is 216 Å². The molecule has 5 nitrogen and oxygen atoms in total. The van der Waals surface area contributed by atoms with Gasteiger partial charge >= 0.3 is 5.97 Å². The van der Waals surface area contributed by atoms with E-state index in [2.05, 4.69) is 5.32 Å². The zero-order valence-corrected chi connectivity index (χ0v) is 20.9. The molecule has 0 aromatic heterocycles. The highest BCUT2D eigenvalue weighted by atomic mass is 35.5. The van der Waals surface area contributed by atoms with Gasteiger partial charge in [0.25, 0.3) is 5.91 Å². The molecule has 0 radical (unpaired) electrons. The number of nitrogens with one attached hydrogen (secondary N) is 1. The van der Waals surface area contributed by atoms with Gasteiger partial charge in [0.15, 0.2) is 12.4 Å². The molecule has 3 aromatic rings. The Morgan fingerprint density at radius 2 is 1.53 bits per heavy atom. The molecule has 1 saturated carbocycles. The van der Waals surface area contributed by atoms with Gasteiger partial charge in [-0.05, 0) is 42.0 Å². The summed E-state index contributed by atoms with van der Waals surface area (Å²) in [6.45, 7) is -0.346. The van der Waals surface area contributed by atoms with Crippen LogP contribution < -0.4 is 5.32 Å². The molecular weight excluding hydrogens is 474 g/mol. The van der Waals surface area contributed by atoms with Crippen molar-refractivity contribution in [3.8, 4) is 0 Å². The van der Waals surface area contributed by atoms with Gasteiger partial charge in [0, 0.05) is 5.56 Å². The van der Waals surface area contributed by atoms with E-state index in [-0.39, 0.29) is 18.8 Å². The van der Waals surface area contributed by atoms with Crippen molar-refractivity contribution in [3.05, 3.63) is 106 Å². The average molecular weight is 504 g/mol. The van der Waals surface area contributed by atoms with E-state index in [0.717, 1.165) is 5.56 Å². The Morgan fingerprint density at radius 3 is 2.22 bits per heavy atom. The smallest absolute Gasteiger partial charge is 0.308 e. The van der Waals surface area contributed by atoms with Gasteiger partial charge in [0.05, 0.1) is 23.0 Å². The lowest BCUT2D eigenvalue weighted by Crippen LogP contribution is -2.31. The number of Topliss-reactive ketones (excluding diaryl/α,β-unsaturated/α-hetero) is 1. The first-order valence-corrected chi connectivity index (χ1v) is 12.8. The number of ether oxygens (including phenoxy) is 1. The van der Waals surface area contributed by atoms with Gasteiger partial charge < -0.3 is 10.1 Å². The van der Waals surface area contributed by atoms with Crippen LogP contribution in [0.2, 0.25) is 5.02 Å². The molecule has 1 atom stereocenters. The molecule has 1 N–H and O–H groups in total. The molecule has 1 aliphatic rings. The molecule has 4 rings (SSSR count). The predicted octanol–water partition coefficient (Wildman–Crippen LogP) is 6.68. The van der Waals surface area contributed by atoms with Crippen LogP contribution in [0.1, 0.15) is 82.3 Å². The minimum Gasteiger partial charge on any atom is -0.457 e. The van der Waals surface area contributed by atoms with E-state index in [4.69, 9.17) is 16.3 Å². The number of esters is 1. The van der Waals surface area contributed by atoms with Crippen LogP contribution in [0.4, 0.5) is 0 Å². The molecule has 1 fully saturated rings. The maximum atomic E-state index is 12.8. The minimum atomic E-state index is -0.632. The SMILES string of the molecule is O=C(C[C@H](NC(=O)c1ccccc1Cl)c1ccccc1)OCC(=O)c1ccc(C2CCCCC2)cc1. The van der Waals surface area contributed by atoms with Crippen LogP contribution in [-0.4, -0.2) is 24.3 Å². The maximum absolute atomic E-state index is 12.8. The first-order chi connectivity index (χ1) is 17.5. The second-order valence-electron chi connectivity index (χ2n) is 9.16. The van der Waals surface area contributed by atoms with Crippen molar-refractivity contribution in [3.63, 3.8) is 0 Å². The van der Waals surface area contributed by atoms with Crippen LogP contribution in [0.15, 0.2) is 78.9 Å². The number of rotatable bonds is 9. The van der Waals surface area contributed by atoms with E-state index >= 15 is 0 Å². The summed E-state index contributed by atoms with van der Waals surface area (Å²) in [5.41, 5.74) is 2.86. The summed E-state index contributed by atoms with van der Waals surface area (Å²) in [4.78, 5) is 38.1. The largest absolute Gasteiger partial charge is 0.457 e. The van der Waals surface area contributed by atoms with Crippen LogP contribution >= 0.6 is 11.6 Å². The summed E-state index contributed by atoms with van der Waals surface area (Å²) in [6.07, 6.45) is 6.08. The highest BCUT2D eigenvalue weighted by molar-refractivity contribution is 6.33. The van der Waals surface area contributed by atoms with E-state index in [1.54, 1.807) is 24.3 Å². The highest BCUT2D eigenvalue weighted by Gasteiger charge is 2.22. The van der Waals surface area contributed by atoms with Crippen molar-refractivity contribution in [2.24, 2.45) is 0 Å². The molecule has 0 spiro atoms. The van der Waals surface area contributed by atoms with E-state index in [1.165, 1.54) is 37.7 Å². The molecule has 3 aromatic carbocycles. The van der Waals surface area contributed by atoms with Crippen molar-refractivity contribution >= 4 is 29.3 Å². The lowest BCUT2D eigenvalue weighted by Gasteiger charge is -2.22. The second kappa shape index (κ2) is 12.5. The zero-order valence-electron chi connectivity index (χ0n) is 20.1. The lowest BCUT2D eigenvalue weighted by molar-refractivity contribution is -0.143. The van der Waals surface area contributed by atoms with E-state index in [9.17, 15) is 14.4 Å². The zero-order chi connectivity index (χ0) is 25.3. The topological polar surface area (TPSA) is 72.5 Å². The number of ketones is 1. The van der Waals surface area contributed by atoms with Crippen molar-refractivity contribution in [1.29, 1.82) is 0 Å². The third-order valence-corrected chi connectivity index (χ3v) is 7.00. The van der Waals surface area contributed by atoms with Crippen molar-refractivity contribution in [2.45, 2.75) is 50.5 Å². The van der Waals surface area contributed by atoms with Crippen molar-refractivity contribution in [1.82, 2.24) is 5.32 Å². The number of hydrogen-bond donors (Lipinski definition) is 1. The number of carbonyl (C=O) groups is 3. The second-order valence-corrected chi connectivity index (χ2v) is 9.57. The predicted molar refractivity (Wildman–Crippen MR) is 140 cm³/mol. The highest BCUT2D eigenvalue weighted by Crippen LogP contribution is 2.32. The molecule has 0 heterocycles. The fourth-order valence-corrected chi connectivity index (χ4v) is 4.87. The Kier molecular flexibility index (Phi) is 8.90. The van der Waals surface area contributed by atoms with Gasteiger partial charge in [-0.15, -0.1) is 0 Å². The molecule has 0 bridgehead atoms. The third kappa shape index (κ3) is 6.82. The Balaban J connectivity index is 1.35. The number of carbonyl (C=O) groups excluding carboxylic acids is 3. The number of hydrogen-bond acceptors (Lipinski definition) is 4. The lowest BCUT2D eigenvalue weighted by atomic mass is 9.84. The van der Waals surface area contributed by atoms with E-state index in [0.29, 0.717) is 22.1 Å². The third-order valence-electron chi connectivity index (χ3n) is 6.67. The summed E-state index contributed by atoms with van der Waals surface area (Å²) in [7, 11) is 0. The van der Waals surface area contributed by atoms with Crippen LogP contribution in [0, 0.1) is 0 Å². The fourth-order valence-electron chi connectivity index (χ4n) is 4.65.